The molecular formula is C26H28N6O2. The Morgan fingerprint density at radius 3 is 2.47 bits per heavy atom. The smallest absolute Gasteiger partial charge is 0.323 e. The van der Waals surface area contributed by atoms with E-state index in [1.165, 1.54) is 6.33 Å². The largest absolute Gasteiger partial charge is 0.383 e. The van der Waals surface area contributed by atoms with Crippen LogP contribution < -0.4 is 16.4 Å². The first kappa shape index (κ1) is 23.0. The molecule has 8 heteroatoms. The van der Waals surface area contributed by atoms with E-state index in [1.54, 1.807) is 18.3 Å². The number of nitrogen functional groups attached to an aromatic ring is 1. The second kappa shape index (κ2) is 8.97. The van der Waals surface area contributed by atoms with E-state index in [4.69, 9.17) is 5.73 Å². The number of fused-ring (bicyclic) bond motifs is 1. The predicted octanol–water partition coefficient (Wildman–Crippen LogP) is 5.39. The van der Waals surface area contributed by atoms with Crippen LogP contribution in [0.15, 0.2) is 48.9 Å². The topological polar surface area (TPSA) is 115 Å². The molecule has 0 aliphatic heterocycles. The maximum atomic E-state index is 13.6. The SMILES string of the molecule is Cc1ccc(NC(=O)Nc2cccc(C)c2C)cc1C(=O)c1cn(C(C)C)c2ncnc(N)c12. The minimum atomic E-state index is -0.384. The van der Waals surface area contributed by atoms with Crippen molar-refractivity contribution >= 4 is 40.0 Å². The highest BCUT2D eigenvalue weighted by Gasteiger charge is 2.23. The number of nitrogens with zero attached hydrogens (tertiary/aromatic N) is 3. The van der Waals surface area contributed by atoms with Gasteiger partial charge in [-0.15, -0.1) is 0 Å². The van der Waals surface area contributed by atoms with Crippen LogP contribution in [0.25, 0.3) is 11.0 Å². The molecule has 0 fully saturated rings. The zero-order chi connectivity index (χ0) is 24.6. The summed E-state index contributed by atoms with van der Waals surface area (Å²) in [6, 6.07) is 10.7. The number of urea groups is 1. The average Bonchev–Trinajstić information content (AvgIpc) is 3.19. The Bertz CT molecular complexity index is 1420. The van der Waals surface area contributed by atoms with E-state index in [0.717, 1.165) is 22.4 Å². The molecule has 2 heterocycles. The van der Waals surface area contributed by atoms with E-state index < -0.39 is 0 Å². The lowest BCUT2D eigenvalue weighted by atomic mass is 9.98. The summed E-state index contributed by atoms with van der Waals surface area (Å²) in [5.74, 6) is 0.0505. The number of amides is 2. The van der Waals surface area contributed by atoms with Gasteiger partial charge in [0.15, 0.2) is 5.78 Å². The first-order valence-corrected chi connectivity index (χ1v) is 11.1. The third-order valence-corrected chi connectivity index (χ3v) is 6.03. The van der Waals surface area contributed by atoms with Crippen molar-refractivity contribution in [3.8, 4) is 0 Å². The molecule has 4 aromatic rings. The van der Waals surface area contributed by atoms with Crippen LogP contribution in [-0.4, -0.2) is 26.3 Å². The highest BCUT2D eigenvalue weighted by molar-refractivity contribution is 6.19. The van der Waals surface area contributed by atoms with Gasteiger partial charge >= 0.3 is 6.03 Å². The first-order valence-electron chi connectivity index (χ1n) is 11.1. The van der Waals surface area contributed by atoms with Gasteiger partial charge in [-0.2, -0.15) is 0 Å². The van der Waals surface area contributed by atoms with Crippen molar-refractivity contribution in [3.05, 3.63) is 76.7 Å². The Balaban J connectivity index is 1.66. The lowest BCUT2D eigenvalue weighted by molar-refractivity contribution is 0.103. The van der Waals surface area contributed by atoms with E-state index in [-0.39, 0.29) is 23.7 Å². The average molecular weight is 457 g/mol. The number of carbonyl (C=O) groups is 2. The van der Waals surface area contributed by atoms with Crippen LogP contribution in [0.3, 0.4) is 0 Å². The molecule has 0 radical (unpaired) electrons. The van der Waals surface area contributed by atoms with Gasteiger partial charge in [0.2, 0.25) is 0 Å². The van der Waals surface area contributed by atoms with Gasteiger partial charge in [0.25, 0.3) is 0 Å². The van der Waals surface area contributed by atoms with Crippen LogP contribution in [-0.2, 0) is 0 Å². The molecule has 174 valence electrons. The fraction of sp³-hybridized carbons (Fsp3) is 0.231. The molecule has 2 amide bonds. The standard InChI is InChI=1S/C26H28N6O2/c1-14(2)32-12-20(22-24(27)28-13-29-25(22)32)23(33)19-11-18(10-9-16(19)4)30-26(34)31-21-8-6-7-15(3)17(21)5/h6-14H,1-5H3,(H2,27,28,29)(H2,30,31,34). The number of carbonyl (C=O) groups excluding carboxylic acids is 2. The normalized spacial score (nSPS) is 11.1. The van der Waals surface area contributed by atoms with E-state index in [1.807, 2.05) is 63.5 Å². The lowest BCUT2D eigenvalue weighted by Gasteiger charge is -2.13. The minimum absolute atomic E-state index is 0.0845. The zero-order valence-electron chi connectivity index (χ0n) is 19.9. The number of benzene rings is 2. The molecule has 2 aromatic heterocycles. The number of nitrogens with two attached hydrogens (primary N) is 1. The Labute approximate surface area is 198 Å². The Kier molecular flexibility index (Phi) is 6.06. The molecule has 34 heavy (non-hydrogen) atoms. The van der Waals surface area contributed by atoms with Crippen molar-refractivity contribution in [2.45, 2.75) is 40.7 Å². The Hall–Kier alpha value is -4.20. The lowest BCUT2D eigenvalue weighted by Crippen LogP contribution is -2.20. The first-order chi connectivity index (χ1) is 16.2. The summed E-state index contributed by atoms with van der Waals surface area (Å²) in [5.41, 5.74) is 11.8. The molecule has 0 atom stereocenters. The van der Waals surface area contributed by atoms with Gasteiger partial charge in [0, 0.05) is 29.2 Å². The molecule has 0 bridgehead atoms. The molecule has 8 nitrogen and oxygen atoms in total. The van der Waals surface area contributed by atoms with Crippen LogP contribution in [0.5, 0.6) is 0 Å². The molecular weight excluding hydrogens is 428 g/mol. The zero-order valence-corrected chi connectivity index (χ0v) is 19.9. The summed E-state index contributed by atoms with van der Waals surface area (Å²) in [6.45, 7) is 9.82. The second-order valence-corrected chi connectivity index (χ2v) is 8.69. The summed E-state index contributed by atoms with van der Waals surface area (Å²) < 4.78 is 1.91. The summed E-state index contributed by atoms with van der Waals surface area (Å²) in [7, 11) is 0. The minimum Gasteiger partial charge on any atom is -0.383 e. The van der Waals surface area contributed by atoms with Crippen LogP contribution in [0, 0.1) is 20.8 Å². The molecule has 4 rings (SSSR count). The van der Waals surface area contributed by atoms with Crippen molar-refractivity contribution in [1.82, 2.24) is 14.5 Å². The Morgan fingerprint density at radius 2 is 1.74 bits per heavy atom. The number of rotatable bonds is 5. The molecule has 0 saturated heterocycles. The van der Waals surface area contributed by atoms with Gasteiger partial charge in [-0.3, -0.25) is 4.79 Å². The highest BCUT2D eigenvalue weighted by atomic mass is 16.2. The van der Waals surface area contributed by atoms with E-state index in [2.05, 4.69) is 20.6 Å². The van der Waals surface area contributed by atoms with Crippen molar-refractivity contribution in [3.63, 3.8) is 0 Å². The number of ketones is 1. The molecule has 0 aliphatic rings. The van der Waals surface area contributed by atoms with Crippen molar-refractivity contribution in [2.75, 3.05) is 16.4 Å². The fourth-order valence-corrected chi connectivity index (χ4v) is 3.93. The van der Waals surface area contributed by atoms with Crippen LogP contribution in [0.1, 0.15) is 52.5 Å². The van der Waals surface area contributed by atoms with Crippen LogP contribution in [0.4, 0.5) is 22.0 Å². The van der Waals surface area contributed by atoms with Gasteiger partial charge in [-0.05, 0) is 69.5 Å². The quantitative estimate of drug-likeness (QED) is 0.348. The van der Waals surface area contributed by atoms with Crippen molar-refractivity contribution < 1.29 is 9.59 Å². The molecule has 4 N–H and O–H groups in total. The Morgan fingerprint density at radius 1 is 0.971 bits per heavy atom. The van der Waals surface area contributed by atoms with Gasteiger partial charge in [0.05, 0.1) is 10.9 Å². The number of hydrogen-bond donors (Lipinski definition) is 3. The van der Waals surface area contributed by atoms with Crippen LogP contribution >= 0.6 is 0 Å². The molecule has 0 spiro atoms. The predicted molar refractivity (Wildman–Crippen MR) is 135 cm³/mol. The summed E-state index contributed by atoms with van der Waals surface area (Å²) >= 11 is 0. The third kappa shape index (κ3) is 4.22. The van der Waals surface area contributed by atoms with E-state index in [0.29, 0.717) is 27.8 Å². The van der Waals surface area contributed by atoms with Gasteiger partial charge in [-0.25, -0.2) is 14.8 Å². The third-order valence-electron chi connectivity index (χ3n) is 6.03. The second-order valence-electron chi connectivity index (χ2n) is 8.69. The van der Waals surface area contributed by atoms with Gasteiger partial charge in [-0.1, -0.05) is 18.2 Å². The fourth-order valence-electron chi connectivity index (χ4n) is 3.93. The monoisotopic (exact) mass is 456 g/mol. The summed E-state index contributed by atoms with van der Waals surface area (Å²) in [4.78, 5) is 34.7. The molecule has 2 aromatic carbocycles. The van der Waals surface area contributed by atoms with Crippen molar-refractivity contribution in [2.24, 2.45) is 0 Å². The summed E-state index contributed by atoms with van der Waals surface area (Å²) in [6.07, 6.45) is 3.17. The highest BCUT2D eigenvalue weighted by Crippen LogP contribution is 2.30. The maximum absolute atomic E-state index is 13.6. The number of nitrogens with one attached hydrogen (secondary N) is 2. The van der Waals surface area contributed by atoms with E-state index in [9.17, 15) is 9.59 Å². The van der Waals surface area contributed by atoms with Crippen molar-refractivity contribution in [1.29, 1.82) is 0 Å². The molecule has 0 unspecified atom stereocenters. The number of aromatic nitrogens is 3. The molecule has 0 aliphatic carbocycles. The van der Waals surface area contributed by atoms with Crippen LogP contribution in [0.2, 0.25) is 0 Å². The number of hydrogen-bond acceptors (Lipinski definition) is 5. The molecule has 0 saturated carbocycles. The maximum Gasteiger partial charge on any atom is 0.323 e. The summed E-state index contributed by atoms with van der Waals surface area (Å²) in [5, 5.41) is 6.23. The van der Waals surface area contributed by atoms with E-state index >= 15 is 0 Å². The number of anilines is 3. The number of aryl methyl sites for hydroxylation is 2. The van der Waals surface area contributed by atoms with Gasteiger partial charge < -0.3 is 20.9 Å². The van der Waals surface area contributed by atoms with Gasteiger partial charge in [0.1, 0.15) is 17.8 Å².